The largest absolute Gasteiger partial charge is 0.506 e. The van der Waals surface area contributed by atoms with Crippen LogP contribution < -0.4 is 5.73 Å². The third-order valence-electron chi connectivity index (χ3n) is 2.18. The van der Waals surface area contributed by atoms with E-state index in [2.05, 4.69) is 15.9 Å². The summed E-state index contributed by atoms with van der Waals surface area (Å²) in [5, 5.41) is 27.3. The lowest BCUT2D eigenvalue weighted by atomic mass is 10.0. The van der Waals surface area contributed by atoms with Crippen molar-refractivity contribution in [2.45, 2.75) is 12.5 Å². The quantitative estimate of drug-likeness (QED) is 0.673. The van der Waals surface area contributed by atoms with E-state index in [0.29, 0.717) is 5.56 Å². The summed E-state index contributed by atoms with van der Waals surface area (Å²) in [6, 6.07) is 2.01. The molecule has 0 saturated carbocycles. The van der Waals surface area contributed by atoms with Gasteiger partial charge in [0.15, 0.2) is 0 Å². The van der Waals surface area contributed by atoms with Crippen LogP contribution in [0.4, 0.5) is 0 Å². The summed E-state index contributed by atoms with van der Waals surface area (Å²) in [7, 11) is 0. The first-order valence-corrected chi connectivity index (χ1v) is 5.38. The highest BCUT2D eigenvalue weighted by atomic mass is 79.9. The van der Waals surface area contributed by atoms with Gasteiger partial charge in [0.2, 0.25) is 0 Å². The van der Waals surface area contributed by atoms with Gasteiger partial charge in [-0.1, -0.05) is 0 Å². The first-order chi connectivity index (χ1) is 7.47. The van der Waals surface area contributed by atoms with Crippen LogP contribution >= 0.6 is 28.3 Å². The van der Waals surface area contributed by atoms with Crippen molar-refractivity contribution < 1.29 is 20.1 Å². The Hall–Kier alpha value is -0.820. The molecule has 0 heterocycles. The molecule has 1 atom stereocenters. The zero-order valence-corrected chi connectivity index (χ0v) is 11.2. The number of halogens is 2. The smallest absolute Gasteiger partial charge is 0.335 e. The lowest BCUT2D eigenvalue weighted by Crippen LogP contribution is -2.13. The van der Waals surface area contributed by atoms with E-state index in [1.165, 1.54) is 12.1 Å². The van der Waals surface area contributed by atoms with E-state index < -0.39 is 12.0 Å². The second-order valence-corrected chi connectivity index (χ2v) is 4.17. The van der Waals surface area contributed by atoms with E-state index in [1.807, 2.05) is 0 Å². The molecular formula is C10H13BrClNO4. The number of aliphatic hydroxyl groups is 1. The van der Waals surface area contributed by atoms with Gasteiger partial charge in [-0.05, 0) is 34.5 Å². The van der Waals surface area contributed by atoms with E-state index in [-0.39, 0.29) is 41.2 Å². The summed E-state index contributed by atoms with van der Waals surface area (Å²) in [5.41, 5.74) is 6.05. The number of benzene rings is 1. The maximum absolute atomic E-state index is 10.8. The van der Waals surface area contributed by atoms with Gasteiger partial charge < -0.3 is 21.1 Å². The van der Waals surface area contributed by atoms with Crippen LogP contribution in [0.25, 0.3) is 0 Å². The number of rotatable bonds is 4. The predicted octanol–water partition coefficient (Wildman–Crippen LogP) is 1.66. The van der Waals surface area contributed by atoms with Crippen LogP contribution in [0.15, 0.2) is 16.6 Å². The fourth-order valence-electron chi connectivity index (χ4n) is 1.32. The maximum atomic E-state index is 10.8. The fourth-order valence-corrected chi connectivity index (χ4v) is 1.80. The number of aromatic carboxylic acids is 1. The molecule has 0 bridgehead atoms. The average molecular weight is 327 g/mol. The van der Waals surface area contributed by atoms with Crippen LogP contribution in [0.1, 0.15) is 28.4 Å². The highest BCUT2D eigenvalue weighted by Crippen LogP contribution is 2.33. The molecule has 0 aliphatic carbocycles. The van der Waals surface area contributed by atoms with Crippen molar-refractivity contribution in [1.29, 1.82) is 0 Å². The molecule has 5 N–H and O–H groups in total. The van der Waals surface area contributed by atoms with Crippen molar-refractivity contribution in [1.82, 2.24) is 0 Å². The summed E-state index contributed by atoms with van der Waals surface area (Å²) < 4.78 is 0.274. The molecule has 0 amide bonds. The van der Waals surface area contributed by atoms with E-state index in [4.69, 9.17) is 15.9 Å². The molecule has 0 aromatic heterocycles. The number of carbonyl (C=O) groups is 1. The third-order valence-corrected chi connectivity index (χ3v) is 2.78. The SMILES string of the molecule is Cl.N[C@H](CCO)c1cc(C(=O)O)cc(Br)c1O. The number of aliphatic hydroxyl groups excluding tert-OH is 1. The zero-order chi connectivity index (χ0) is 12.3. The van der Waals surface area contributed by atoms with Crippen molar-refractivity contribution in [3.63, 3.8) is 0 Å². The second kappa shape index (κ2) is 6.80. The Labute approximate surface area is 113 Å². The number of hydrogen-bond acceptors (Lipinski definition) is 4. The van der Waals surface area contributed by atoms with Crippen LogP contribution in [0.5, 0.6) is 5.75 Å². The highest BCUT2D eigenvalue weighted by Gasteiger charge is 2.16. The van der Waals surface area contributed by atoms with Crippen LogP contribution in [0.3, 0.4) is 0 Å². The molecule has 1 aromatic carbocycles. The van der Waals surface area contributed by atoms with E-state index in [1.54, 1.807) is 0 Å². The topological polar surface area (TPSA) is 104 Å². The van der Waals surface area contributed by atoms with Crippen molar-refractivity contribution in [3.05, 3.63) is 27.7 Å². The lowest BCUT2D eigenvalue weighted by Gasteiger charge is -2.14. The van der Waals surface area contributed by atoms with Crippen LogP contribution in [0, 0.1) is 0 Å². The van der Waals surface area contributed by atoms with Gasteiger partial charge in [0.25, 0.3) is 0 Å². The van der Waals surface area contributed by atoms with Crippen LogP contribution in [-0.4, -0.2) is 27.9 Å². The van der Waals surface area contributed by atoms with Gasteiger partial charge in [0, 0.05) is 18.2 Å². The monoisotopic (exact) mass is 325 g/mol. The molecule has 7 heteroatoms. The van der Waals surface area contributed by atoms with E-state index >= 15 is 0 Å². The molecule has 0 unspecified atom stereocenters. The minimum atomic E-state index is -1.10. The number of carboxylic acids is 1. The first-order valence-electron chi connectivity index (χ1n) is 4.59. The molecule has 0 spiro atoms. The molecule has 96 valence electrons. The van der Waals surface area contributed by atoms with Gasteiger partial charge in [0.1, 0.15) is 5.75 Å². The Bertz CT molecular complexity index is 414. The Morgan fingerprint density at radius 3 is 2.53 bits per heavy atom. The number of hydrogen-bond donors (Lipinski definition) is 4. The normalized spacial score (nSPS) is 11.7. The van der Waals surface area contributed by atoms with Gasteiger partial charge in [-0.2, -0.15) is 0 Å². The minimum Gasteiger partial charge on any atom is -0.506 e. The van der Waals surface area contributed by atoms with Crippen molar-refractivity contribution in [2.24, 2.45) is 5.73 Å². The highest BCUT2D eigenvalue weighted by molar-refractivity contribution is 9.10. The Kier molecular flexibility index (Phi) is 6.48. The Morgan fingerprint density at radius 1 is 1.47 bits per heavy atom. The van der Waals surface area contributed by atoms with Gasteiger partial charge in [-0.3, -0.25) is 0 Å². The standard InChI is InChI=1S/C10H12BrNO4.ClH/c11-7-4-5(10(15)16)3-6(9(7)14)8(12)1-2-13;/h3-4,8,13-14H,1-2,12H2,(H,15,16);1H/t8-;/m1./s1. The maximum Gasteiger partial charge on any atom is 0.335 e. The Morgan fingerprint density at radius 2 is 2.06 bits per heavy atom. The van der Waals surface area contributed by atoms with Crippen LogP contribution in [-0.2, 0) is 0 Å². The molecule has 17 heavy (non-hydrogen) atoms. The summed E-state index contributed by atoms with van der Waals surface area (Å²) in [6.07, 6.45) is 0.253. The van der Waals surface area contributed by atoms with Gasteiger partial charge in [0.05, 0.1) is 10.0 Å². The lowest BCUT2D eigenvalue weighted by molar-refractivity contribution is 0.0696. The molecule has 0 fully saturated rings. The molecule has 0 saturated heterocycles. The minimum absolute atomic E-state index is 0. The summed E-state index contributed by atoms with van der Waals surface area (Å²) >= 11 is 3.05. The van der Waals surface area contributed by atoms with Gasteiger partial charge in [-0.15, -0.1) is 12.4 Å². The first kappa shape index (κ1) is 16.2. The van der Waals surface area contributed by atoms with Crippen molar-refractivity contribution in [2.75, 3.05) is 6.61 Å². The molecule has 0 aliphatic heterocycles. The Balaban J connectivity index is 0.00000256. The van der Waals surface area contributed by atoms with Gasteiger partial charge >= 0.3 is 5.97 Å². The van der Waals surface area contributed by atoms with Crippen LogP contribution in [0.2, 0.25) is 0 Å². The number of phenols is 1. The fraction of sp³-hybridized carbons (Fsp3) is 0.300. The molecule has 0 aliphatic rings. The number of carboxylic acid groups (broad SMARTS) is 1. The zero-order valence-electron chi connectivity index (χ0n) is 8.76. The summed E-state index contributed by atoms with van der Waals surface area (Å²) in [4.78, 5) is 10.8. The van der Waals surface area contributed by atoms with Gasteiger partial charge in [-0.25, -0.2) is 4.79 Å². The average Bonchev–Trinajstić information content (AvgIpc) is 2.21. The molecule has 1 aromatic rings. The summed E-state index contributed by atoms with van der Waals surface area (Å²) in [5.74, 6) is -1.19. The third kappa shape index (κ3) is 3.85. The second-order valence-electron chi connectivity index (χ2n) is 3.32. The summed E-state index contributed by atoms with van der Waals surface area (Å²) in [6.45, 7) is -0.129. The van der Waals surface area contributed by atoms with Crippen molar-refractivity contribution >= 4 is 34.3 Å². The molecule has 5 nitrogen and oxygen atoms in total. The number of phenolic OH excluding ortho intramolecular Hbond substituents is 1. The number of nitrogens with two attached hydrogens (primary N) is 1. The van der Waals surface area contributed by atoms with E-state index in [0.717, 1.165) is 0 Å². The van der Waals surface area contributed by atoms with Crippen molar-refractivity contribution in [3.8, 4) is 5.75 Å². The molecular weight excluding hydrogens is 313 g/mol. The molecule has 0 radical (unpaired) electrons. The van der Waals surface area contributed by atoms with E-state index in [9.17, 15) is 9.90 Å². The molecule has 1 rings (SSSR count). The predicted molar refractivity (Wildman–Crippen MR) is 68.6 cm³/mol. The number of aromatic hydroxyl groups is 1.